The number of alkyl halides is 3. The van der Waals surface area contributed by atoms with E-state index in [9.17, 15) is 27.6 Å². The molecule has 2 N–H and O–H groups in total. The fourth-order valence-electron chi connectivity index (χ4n) is 7.74. The molecule has 1 aromatic carbocycles. The van der Waals surface area contributed by atoms with E-state index >= 15 is 0 Å². The third kappa shape index (κ3) is 8.13. The second-order valence-corrected chi connectivity index (χ2v) is 15.1. The second kappa shape index (κ2) is 15.0. The topological polar surface area (TPSA) is 91.5 Å². The number of nitrogens with zero attached hydrogens (tertiary/aromatic N) is 5. The fourth-order valence-corrected chi connectivity index (χ4v) is 8.90. The highest BCUT2D eigenvalue weighted by Crippen LogP contribution is 2.40. The molecule has 10 nitrogen and oxygen atoms in total. The second-order valence-electron chi connectivity index (χ2n) is 13.7. The van der Waals surface area contributed by atoms with Crippen LogP contribution in [-0.2, 0) is 28.7 Å². The molecule has 0 aliphatic carbocycles. The van der Waals surface area contributed by atoms with Crippen LogP contribution in [-0.4, -0.2) is 121 Å². The summed E-state index contributed by atoms with van der Waals surface area (Å²) in [7, 11) is 3.50. The molecule has 0 saturated carbocycles. The number of likely N-dealkylation sites (N-methyl/N-ethyl adjacent to an activating group) is 1. The summed E-state index contributed by atoms with van der Waals surface area (Å²) in [5, 5.41) is 7.36. The number of anilines is 2. The maximum absolute atomic E-state index is 14.1. The van der Waals surface area contributed by atoms with Crippen molar-refractivity contribution in [2.45, 2.75) is 63.3 Å². The number of halogens is 4. The average molecular weight is 724 g/mol. The number of hydrogen-bond acceptors (Lipinski definition) is 7. The van der Waals surface area contributed by atoms with Crippen LogP contribution in [0.2, 0.25) is 5.02 Å². The van der Waals surface area contributed by atoms with Gasteiger partial charge in [-0.15, -0.1) is 11.3 Å². The van der Waals surface area contributed by atoms with Gasteiger partial charge in [0.15, 0.2) is 0 Å². The molecule has 0 radical (unpaired) electrons. The summed E-state index contributed by atoms with van der Waals surface area (Å²) < 4.78 is 42.1. The molecule has 2 aromatic rings. The van der Waals surface area contributed by atoms with Gasteiger partial charge in [-0.05, 0) is 68.3 Å². The van der Waals surface area contributed by atoms with Crippen LogP contribution in [0.25, 0.3) is 0 Å². The Bertz CT molecular complexity index is 1520. The zero-order chi connectivity index (χ0) is 34.9. The zero-order valence-electron chi connectivity index (χ0n) is 28.0. The molecule has 6 rings (SSSR count). The molecule has 4 amide bonds. The van der Waals surface area contributed by atoms with Gasteiger partial charge in [-0.2, -0.15) is 13.2 Å². The monoisotopic (exact) mass is 723 g/mol. The minimum absolute atomic E-state index is 0.0213. The molecule has 3 fully saturated rings. The SMILES string of the molecule is CNc1c(Cl)cc(C[C@@H](CC(=O)N2CCC(N3Cc4sccc4NC3=O)CC2)C(=O)N2CCC(N3CCN(C)CC3)CC2)cc1C(F)(F)F. The highest BCUT2D eigenvalue weighted by atomic mass is 35.5. The lowest BCUT2D eigenvalue weighted by molar-refractivity contribution is -0.143. The first-order valence-electron chi connectivity index (χ1n) is 17.1. The molecule has 5 heterocycles. The van der Waals surface area contributed by atoms with Crippen LogP contribution in [0.3, 0.4) is 0 Å². The van der Waals surface area contributed by atoms with E-state index in [0.717, 1.165) is 55.7 Å². The summed E-state index contributed by atoms with van der Waals surface area (Å²) in [5.41, 5.74) is -0.00940. The van der Waals surface area contributed by atoms with E-state index in [0.29, 0.717) is 51.6 Å². The predicted octanol–water partition coefficient (Wildman–Crippen LogP) is 5.29. The van der Waals surface area contributed by atoms with E-state index < -0.39 is 17.7 Å². The van der Waals surface area contributed by atoms with Crippen molar-refractivity contribution in [1.82, 2.24) is 24.5 Å². The lowest BCUT2D eigenvalue weighted by Gasteiger charge is -2.42. The molecule has 15 heteroatoms. The van der Waals surface area contributed by atoms with Crippen LogP contribution in [0.5, 0.6) is 0 Å². The molecular weight excluding hydrogens is 679 g/mol. The molecular formula is C34H45ClF3N7O3S. The number of nitrogens with one attached hydrogen (secondary N) is 2. The van der Waals surface area contributed by atoms with Gasteiger partial charge in [0, 0.05) is 82.8 Å². The molecule has 4 aliphatic heterocycles. The molecule has 268 valence electrons. The summed E-state index contributed by atoms with van der Waals surface area (Å²) in [6, 6.07) is 4.62. The van der Waals surface area contributed by atoms with Crippen molar-refractivity contribution < 1.29 is 27.6 Å². The van der Waals surface area contributed by atoms with Gasteiger partial charge in [0.05, 0.1) is 34.4 Å². The lowest BCUT2D eigenvalue weighted by atomic mass is 9.91. The molecule has 3 saturated heterocycles. The van der Waals surface area contributed by atoms with Crippen LogP contribution in [0.1, 0.15) is 48.1 Å². The Hall–Kier alpha value is -3.07. The van der Waals surface area contributed by atoms with E-state index in [1.165, 1.54) is 13.1 Å². The van der Waals surface area contributed by atoms with E-state index in [2.05, 4.69) is 27.5 Å². The molecule has 1 aromatic heterocycles. The summed E-state index contributed by atoms with van der Waals surface area (Å²) in [6.45, 7) is 6.50. The first-order chi connectivity index (χ1) is 23.4. The number of rotatable bonds is 8. The van der Waals surface area contributed by atoms with Crippen LogP contribution in [0.4, 0.5) is 29.3 Å². The third-order valence-corrected chi connectivity index (χ3v) is 11.8. The van der Waals surface area contributed by atoms with Gasteiger partial charge in [-0.1, -0.05) is 11.6 Å². The van der Waals surface area contributed by atoms with Gasteiger partial charge in [0.1, 0.15) is 0 Å². The maximum Gasteiger partial charge on any atom is 0.418 e. The quantitative estimate of drug-likeness (QED) is 0.385. The number of amides is 4. The van der Waals surface area contributed by atoms with Crippen molar-refractivity contribution in [3.8, 4) is 0 Å². The minimum Gasteiger partial charge on any atom is -0.386 e. The van der Waals surface area contributed by atoms with Gasteiger partial charge in [0.2, 0.25) is 11.8 Å². The van der Waals surface area contributed by atoms with E-state index in [1.807, 2.05) is 16.3 Å². The van der Waals surface area contributed by atoms with Gasteiger partial charge in [0.25, 0.3) is 0 Å². The normalized spacial score (nSPS) is 21.0. The third-order valence-electron chi connectivity index (χ3n) is 10.6. The summed E-state index contributed by atoms with van der Waals surface area (Å²) in [5.74, 6) is -1.26. The Morgan fingerprint density at radius 2 is 1.65 bits per heavy atom. The van der Waals surface area contributed by atoms with Crippen LogP contribution < -0.4 is 10.6 Å². The lowest BCUT2D eigenvalue weighted by Crippen LogP contribution is -2.54. The van der Waals surface area contributed by atoms with Crippen molar-refractivity contribution in [3.63, 3.8) is 0 Å². The Morgan fingerprint density at radius 1 is 1.00 bits per heavy atom. The zero-order valence-corrected chi connectivity index (χ0v) is 29.6. The first-order valence-corrected chi connectivity index (χ1v) is 18.4. The molecule has 0 spiro atoms. The number of fused-ring (bicyclic) bond motifs is 1. The smallest absolute Gasteiger partial charge is 0.386 e. The van der Waals surface area contributed by atoms with Crippen LogP contribution >= 0.6 is 22.9 Å². The maximum atomic E-state index is 14.1. The molecule has 0 bridgehead atoms. The Labute approximate surface area is 294 Å². The number of likely N-dealkylation sites (tertiary alicyclic amines) is 2. The summed E-state index contributed by atoms with van der Waals surface area (Å²) >= 11 is 7.92. The van der Waals surface area contributed by atoms with E-state index in [4.69, 9.17) is 11.6 Å². The van der Waals surface area contributed by atoms with Gasteiger partial charge in [-0.3, -0.25) is 14.5 Å². The van der Waals surface area contributed by atoms with Crippen molar-refractivity contribution in [2.24, 2.45) is 5.92 Å². The molecule has 1 atom stereocenters. The van der Waals surface area contributed by atoms with Gasteiger partial charge < -0.3 is 30.2 Å². The van der Waals surface area contributed by atoms with Gasteiger partial charge >= 0.3 is 12.2 Å². The largest absolute Gasteiger partial charge is 0.418 e. The number of benzene rings is 1. The fraction of sp³-hybridized carbons (Fsp3) is 0.618. The van der Waals surface area contributed by atoms with Gasteiger partial charge in [-0.25, -0.2) is 4.79 Å². The van der Waals surface area contributed by atoms with E-state index in [1.54, 1.807) is 21.1 Å². The number of carbonyl (C=O) groups is 3. The van der Waals surface area contributed by atoms with Crippen molar-refractivity contribution in [1.29, 1.82) is 0 Å². The summed E-state index contributed by atoms with van der Waals surface area (Å²) in [6.07, 6.45) is -1.95. The first kappa shape index (κ1) is 35.7. The minimum atomic E-state index is -4.65. The number of thiophene rings is 1. The Kier molecular flexibility index (Phi) is 11.0. The molecule has 49 heavy (non-hydrogen) atoms. The molecule has 0 unspecified atom stereocenters. The highest BCUT2D eigenvalue weighted by Gasteiger charge is 2.38. The Balaban J connectivity index is 1.14. The number of hydrogen-bond donors (Lipinski definition) is 2. The molecule has 4 aliphatic rings. The average Bonchev–Trinajstić information content (AvgIpc) is 3.54. The standard InChI is InChI=1S/C34H45ClF3N7O3S/c1-39-31-26(34(36,37)38)18-22(19-27(31)35)17-23(32(47)44-10-3-24(4-11-44)42-14-12-41(2)13-15-42)20-30(46)43-8-5-25(6-9-43)45-21-29-28(7-16-49-29)40-33(45)48/h7,16,18-19,23-25,39H,3-6,8-15,17,20-21H2,1-2H3,(H,40,48)/t23-/m0/s1. The van der Waals surface area contributed by atoms with E-state index in [-0.39, 0.29) is 53.0 Å². The Morgan fingerprint density at radius 3 is 2.31 bits per heavy atom. The van der Waals surface area contributed by atoms with Crippen LogP contribution in [0, 0.1) is 5.92 Å². The number of piperazine rings is 1. The van der Waals surface area contributed by atoms with Crippen molar-refractivity contribution >= 4 is 52.2 Å². The number of piperidine rings is 2. The highest BCUT2D eigenvalue weighted by molar-refractivity contribution is 7.10. The predicted molar refractivity (Wildman–Crippen MR) is 185 cm³/mol. The summed E-state index contributed by atoms with van der Waals surface area (Å²) in [4.78, 5) is 51.9. The van der Waals surface area contributed by atoms with Crippen molar-refractivity contribution in [3.05, 3.63) is 44.6 Å². The number of carbonyl (C=O) groups excluding carboxylic acids is 3. The number of urea groups is 1. The van der Waals surface area contributed by atoms with Crippen molar-refractivity contribution in [2.75, 3.05) is 77.1 Å². The van der Waals surface area contributed by atoms with Crippen LogP contribution in [0.15, 0.2) is 23.6 Å².